The van der Waals surface area contributed by atoms with E-state index in [2.05, 4.69) is 20.9 Å². The van der Waals surface area contributed by atoms with Crippen LogP contribution in [-0.2, 0) is 0 Å². The van der Waals surface area contributed by atoms with Gasteiger partial charge in [0.15, 0.2) is 0 Å². The minimum Gasteiger partial charge on any atom is -0.490 e. The number of benzene rings is 2. The predicted octanol–water partition coefficient (Wildman–Crippen LogP) is 3.22. The molecule has 32 heavy (non-hydrogen) atoms. The molecule has 0 radical (unpaired) electrons. The maximum absolute atomic E-state index is 12.9. The Morgan fingerprint density at radius 1 is 1.00 bits per heavy atom. The Morgan fingerprint density at radius 2 is 1.78 bits per heavy atom. The summed E-state index contributed by atoms with van der Waals surface area (Å²) in [4.78, 5) is 31.1. The van der Waals surface area contributed by atoms with E-state index in [1.165, 1.54) is 0 Å². The summed E-state index contributed by atoms with van der Waals surface area (Å²) in [6, 6.07) is 19.4. The van der Waals surface area contributed by atoms with Crippen LogP contribution in [0.15, 0.2) is 79.1 Å². The highest BCUT2D eigenvalue weighted by Gasteiger charge is 2.27. The van der Waals surface area contributed by atoms with E-state index in [0.29, 0.717) is 36.7 Å². The SMILES string of the molecule is O=C(Nc1ccccc1)c1ccc(NC(=O)N2CCNCC2COc2cccnc2)cc1. The molecule has 0 saturated carbocycles. The molecule has 1 fully saturated rings. The quantitative estimate of drug-likeness (QED) is 0.557. The van der Waals surface area contributed by atoms with Crippen molar-refractivity contribution in [3.05, 3.63) is 84.7 Å². The fraction of sp³-hybridized carbons (Fsp3) is 0.208. The van der Waals surface area contributed by atoms with Crippen LogP contribution in [0.5, 0.6) is 5.75 Å². The van der Waals surface area contributed by atoms with Crippen molar-refractivity contribution in [1.82, 2.24) is 15.2 Å². The first-order valence-corrected chi connectivity index (χ1v) is 10.5. The van der Waals surface area contributed by atoms with E-state index < -0.39 is 0 Å². The molecule has 1 atom stereocenters. The number of hydrogen-bond acceptors (Lipinski definition) is 5. The topological polar surface area (TPSA) is 95.6 Å². The molecule has 2 heterocycles. The van der Waals surface area contributed by atoms with Gasteiger partial charge in [-0.3, -0.25) is 9.78 Å². The molecule has 2 aromatic carbocycles. The number of carbonyl (C=O) groups is 2. The van der Waals surface area contributed by atoms with Gasteiger partial charge in [-0.25, -0.2) is 4.79 Å². The number of ether oxygens (including phenoxy) is 1. The summed E-state index contributed by atoms with van der Waals surface area (Å²) in [5.41, 5.74) is 1.86. The molecule has 3 aromatic rings. The van der Waals surface area contributed by atoms with Crippen molar-refractivity contribution < 1.29 is 14.3 Å². The van der Waals surface area contributed by atoms with Gasteiger partial charge >= 0.3 is 6.03 Å². The van der Waals surface area contributed by atoms with Gasteiger partial charge in [-0.1, -0.05) is 18.2 Å². The standard InChI is InChI=1S/C24H25N5O3/c30-23(27-19-5-2-1-3-6-19)18-8-10-20(11-9-18)28-24(31)29-14-13-26-15-21(29)17-32-22-7-4-12-25-16-22/h1-12,16,21,26H,13-15,17H2,(H,27,30)(H,28,31). The normalized spacial score (nSPS) is 15.6. The molecule has 8 heteroatoms. The lowest BCUT2D eigenvalue weighted by Gasteiger charge is -2.35. The van der Waals surface area contributed by atoms with Crippen molar-refractivity contribution in [2.45, 2.75) is 6.04 Å². The number of para-hydroxylation sites is 1. The number of pyridine rings is 1. The molecular formula is C24H25N5O3. The van der Waals surface area contributed by atoms with Crippen molar-refractivity contribution in [3.63, 3.8) is 0 Å². The summed E-state index contributed by atoms with van der Waals surface area (Å²) >= 11 is 0. The molecule has 0 aliphatic carbocycles. The molecule has 8 nitrogen and oxygen atoms in total. The first-order valence-electron chi connectivity index (χ1n) is 10.5. The zero-order chi connectivity index (χ0) is 22.2. The van der Waals surface area contributed by atoms with Crippen LogP contribution in [-0.4, -0.2) is 54.1 Å². The average molecular weight is 431 g/mol. The molecule has 0 bridgehead atoms. The molecule has 4 rings (SSSR count). The van der Waals surface area contributed by atoms with Crippen LogP contribution >= 0.6 is 0 Å². The van der Waals surface area contributed by atoms with E-state index in [0.717, 1.165) is 12.2 Å². The molecule has 1 aliphatic rings. The van der Waals surface area contributed by atoms with Gasteiger partial charge in [-0.15, -0.1) is 0 Å². The van der Waals surface area contributed by atoms with Gasteiger partial charge in [0, 0.05) is 42.8 Å². The van der Waals surface area contributed by atoms with Gasteiger partial charge in [0.1, 0.15) is 12.4 Å². The van der Waals surface area contributed by atoms with Gasteiger partial charge in [0.2, 0.25) is 0 Å². The highest BCUT2D eigenvalue weighted by atomic mass is 16.5. The van der Waals surface area contributed by atoms with Crippen LogP contribution in [0.2, 0.25) is 0 Å². The van der Waals surface area contributed by atoms with Crippen molar-refractivity contribution in [3.8, 4) is 5.75 Å². The van der Waals surface area contributed by atoms with Crippen LogP contribution in [0.25, 0.3) is 0 Å². The Morgan fingerprint density at radius 3 is 2.53 bits per heavy atom. The van der Waals surface area contributed by atoms with Gasteiger partial charge in [0.05, 0.1) is 12.2 Å². The lowest BCUT2D eigenvalue weighted by molar-refractivity contribution is 0.102. The van der Waals surface area contributed by atoms with Crippen molar-refractivity contribution in [1.29, 1.82) is 0 Å². The van der Waals surface area contributed by atoms with E-state index in [9.17, 15) is 9.59 Å². The van der Waals surface area contributed by atoms with Crippen LogP contribution in [0.3, 0.4) is 0 Å². The third-order valence-corrected chi connectivity index (χ3v) is 5.12. The molecule has 1 aromatic heterocycles. The summed E-state index contributed by atoms with van der Waals surface area (Å²) in [5, 5.41) is 9.06. The highest BCUT2D eigenvalue weighted by Crippen LogP contribution is 2.15. The third-order valence-electron chi connectivity index (χ3n) is 5.12. The largest absolute Gasteiger partial charge is 0.490 e. The zero-order valence-corrected chi connectivity index (χ0v) is 17.5. The Hall–Kier alpha value is -3.91. The number of amides is 3. The monoisotopic (exact) mass is 431 g/mol. The Balaban J connectivity index is 1.34. The molecule has 1 saturated heterocycles. The maximum Gasteiger partial charge on any atom is 0.322 e. The fourth-order valence-electron chi connectivity index (χ4n) is 3.43. The molecule has 3 amide bonds. The second-order valence-electron chi connectivity index (χ2n) is 7.38. The predicted molar refractivity (Wildman–Crippen MR) is 123 cm³/mol. The minimum atomic E-state index is -0.205. The molecular weight excluding hydrogens is 406 g/mol. The second kappa shape index (κ2) is 10.4. The van der Waals surface area contributed by atoms with Gasteiger partial charge in [0.25, 0.3) is 5.91 Å². The summed E-state index contributed by atoms with van der Waals surface area (Å²) in [5.74, 6) is 0.464. The van der Waals surface area contributed by atoms with E-state index in [-0.39, 0.29) is 18.0 Å². The van der Waals surface area contributed by atoms with Crippen LogP contribution < -0.4 is 20.7 Å². The van der Waals surface area contributed by atoms with Crippen LogP contribution in [0, 0.1) is 0 Å². The van der Waals surface area contributed by atoms with Crippen molar-refractivity contribution >= 4 is 23.3 Å². The van der Waals surface area contributed by atoms with E-state index in [4.69, 9.17) is 4.74 Å². The first kappa shape index (κ1) is 21.3. The van der Waals surface area contributed by atoms with Gasteiger partial charge < -0.3 is 25.6 Å². The Labute approximate surface area is 186 Å². The summed E-state index contributed by atoms with van der Waals surface area (Å²) in [6.45, 7) is 2.30. The van der Waals surface area contributed by atoms with Crippen molar-refractivity contribution in [2.75, 3.05) is 36.9 Å². The highest BCUT2D eigenvalue weighted by molar-refractivity contribution is 6.04. The number of anilines is 2. The lowest BCUT2D eigenvalue weighted by Crippen LogP contribution is -2.57. The maximum atomic E-state index is 12.9. The number of hydrogen-bond donors (Lipinski definition) is 3. The van der Waals surface area contributed by atoms with Crippen molar-refractivity contribution in [2.24, 2.45) is 0 Å². The number of nitrogens with zero attached hydrogens (tertiary/aromatic N) is 2. The van der Waals surface area contributed by atoms with Crippen LogP contribution in [0.1, 0.15) is 10.4 Å². The molecule has 0 spiro atoms. The summed E-state index contributed by atoms with van der Waals surface area (Å²) < 4.78 is 5.80. The van der Waals surface area contributed by atoms with E-state index in [1.54, 1.807) is 41.6 Å². The van der Waals surface area contributed by atoms with Gasteiger partial charge in [-0.05, 0) is 48.5 Å². The average Bonchev–Trinajstić information content (AvgIpc) is 2.84. The van der Waals surface area contributed by atoms with E-state index >= 15 is 0 Å². The molecule has 1 unspecified atom stereocenters. The van der Waals surface area contributed by atoms with Crippen LogP contribution in [0.4, 0.5) is 16.2 Å². The second-order valence-corrected chi connectivity index (χ2v) is 7.38. The van der Waals surface area contributed by atoms with Gasteiger partial charge in [-0.2, -0.15) is 0 Å². The minimum absolute atomic E-state index is 0.111. The Kier molecular flexibility index (Phi) is 6.94. The molecule has 164 valence electrons. The Bertz CT molecular complexity index is 1030. The number of aromatic nitrogens is 1. The zero-order valence-electron chi connectivity index (χ0n) is 17.5. The summed E-state index contributed by atoms with van der Waals surface area (Å²) in [6.07, 6.45) is 3.33. The number of urea groups is 1. The number of rotatable bonds is 6. The molecule has 3 N–H and O–H groups in total. The lowest BCUT2D eigenvalue weighted by atomic mass is 10.2. The first-order chi connectivity index (χ1) is 15.7. The number of nitrogens with one attached hydrogen (secondary N) is 3. The summed E-state index contributed by atoms with van der Waals surface area (Å²) in [7, 11) is 0. The smallest absolute Gasteiger partial charge is 0.322 e. The number of carbonyl (C=O) groups excluding carboxylic acids is 2. The van der Waals surface area contributed by atoms with E-state index in [1.807, 2.05) is 42.5 Å². The third kappa shape index (κ3) is 5.61. The fourth-order valence-corrected chi connectivity index (χ4v) is 3.43. The number of piperazine rings is 1. The molecule has 1 aliphatic heterocycles.